The van der Waals surface area contributed by atoms with Gasteiger partial charge in [-0.3, -0.25) is 4.79 Å². The molecule has 2 atom stereocenters. The Morgan fingerprint density at radius 2 is 1.89 bits per heavy atom. The Kier molecular flexibility index (Phi) is 8.92. The standard InChI is InChI=1S/C8H12O2.C5H8O2.C2H6/c9-8-7-4-2-1-3-6(7)5-10-8;1-4(2)5(6)7-3;1-2/h6-7H,1-5H2;1H2,2-3H3;1-2H3. The van der Waals surface area contributed by atoms with Crippen LogP contribution < -0.4 is 0 Å². The van der Waals surface area contributed by atoms with Crippen LogP contribution in [0.4, 0.5) is 0 Å². The lowest BCUT2D eigenvalue weighted by Gasteiger charge is -2.19. The summed E-state index contributed by atoms with van der Waals surface area (Å²) < 4.78 is 9.23. The van der Waals surface area contributed by atoms with Crippen LogP contribution in [-0.4, -0.2) is 25.7 Å². The smallest absolute Gasteiger partial charge is 0.332 e. The number of rotatable bonds is 1. The van der Waals surface area contributed by atoms with E-state index in [1.54, 1.807) is 6.92 Å². The molecule has 4 nitrogen and oxygen atoms in total. The van der Waals surface area contributed by atoms with Crippen LogP contribution in [0, 0.1) is 11.8 Å². The van der Waals surface area contributed by atoms with Crippen molar-refractivity contribution in [3.05, 3.63) is 12.2 Å². The molecule has 1 heterocycles. The van der Waals surface area contributed by atoms with Gasteiger partial charge in [0.25, 0.3) is 0 Å². The number of cyclic esters (lactones) is 1. The van der Waals surface area contributed by atoms with Crippen LogP contribution in [-0.2, 0) is 19.1 Å². The van der Waals surface area contributed by atoms with Gasteiger partial charge in [-0.25, -0.2) is 4.79 Å². The van der Waals surface area contributed by atoms with Crippen LogP contribution >= 0.6 is 0 Å². The van der Waals surface area contributed by atoms with Crippen molar-refractivity contribution in [2.24, 2.45) is 11.8 Å². The highest BCUT2D eigenvalue weighted by atomic mass is 16.5. The fourth-order valence-corrected chi connectivity index (χ4v) is 2.19. The topological polar surface area (TPSA) is 52.6 Å². The molecule has 1 saturated heterocycles. The molecule has 0 aromatic carbocycles. The summed E-state index contributed by atoms with van der Waals surface area (Å²) in [4.78, 5) is 21.2. The maximum Gasteiger partial charge on any atom is 0.332 e. The molecule has 0 spiro atoms. The van der Waals surface area contributed by atoms with Gasteiger partial charge in [0.05, 0.1) is 19.6 Å². The second-order valence-electron chi connectivity index (χ2n) is 4.55. The molecular formula is C15H26O4. The van der Waals surface area contributed by atoms with Crippen molar-refractivity contribution in [3.8, 4) is 0 Å². The first kappa shape index (κ1) is 17.7. The number of carbonyl (C=O) groups is 2. The lowest BCUT2D eigenvalue weighted by molar-refractivity contribution is -0.141. The van der Waals surface area contributed by atoms with E-state index >= 15 is 0 Å². The molecule has 1 aliphatic carbocycles. The summed E-state index contributed by atoms with van der Waals surface area (Å²) >= 11 is 0. The molecule has 0 radical (unpaired) electrons. The molecule has 2 fully saturated rings. The average molecular weight is 270 g/mol. The minimum Gasteiger partial charge on any atom is -0.466 e. The molecule has 0 aromatic rings. The number of ether oxygens (including phenoxy) is 2. The summed E-state index contributed by atoms with van der Waals surface area (Å²) in [5.41, 5.74) is 0.433. The number of hydrogen-bond acceptors (Lipinski definition) is 4. The Hall–Kier alpha value is -1.32. The monoisotopic (exact) mass is 270 g/mol. The lowest BCUT2D eigenvalue weighted by atomic mass is 9.81. The molecule has 110 valence electrons. The number of esters is 2. The van der Waals surface area contributed by atoms with Gasteiger partial charge in [-0.05, 0) is 19.8 Å². The summed E-state index contributed by atoms with van der Waals surface area (Å²) in [7, 11) is 1.33. The van der Waals surface area contributed by atoms with Gasteiger partial charge in [-0.1, -0.05) is 33.3 Å². The first-order valence-electron chi connectivity index (χ1n) is 6.96. The molecule has 0 aromatic heterocycles. The molecule has 0 bridgehead atoms. The number of methoxy groups -OCH3 is 1. The van der Waals surface area contributed by atoms with Gasteiger partial charge in [0.1, 0.15) is 0 Å². The highest BCUT2D eigenvalue weighted by molar-refractivity contribution is 5.86. The minimum absolute atomic E-state index is 0.0599. The van der Waals surface area contributed by atoms with E-state index in [0.29, 0.717) is 18.1 Å². The number of fused-ring (bicyclic) bond motifs is 1. The summed E-state index contributed by atoms with van der Waals surface area (Å²) in [5, 5.41) is 0. The fraction of sp³-hybridized carbons (Fsp3) is 0.733. The molecule has 0 amide bonds. The number of carbonyl (C=O) groups excluding carboxylic acids is 2. The first-order valence-corrected chi connectivity index (χ1v) is 6.96. The highest BCUT2D eigenvalue weighted by Gasteiger charge is 2.37. The second kappa shape index (κ2) is 9.59. The van der Waals surface area contributed by atoms with Crippen molar-refractivity contribution in [2.75, 3.05) is 13.7 Å². The molecule has 2 rings (SSSR count). The fourth-order valence-electron chi connectivity index (χ4n) is 2.19. The van der Waals surface area contributed by atoms with Crippen molar-refractivity contribution in [2.45, 2.75) is 46.5 Å². The van der Waals surface area contributed by atoms with Gasteiger partial charge >= 0.3 is 11.9 Å². The third-order valence-corrected chi connectivity index (χ3v) is 3.19. The van der Waals surface area contributed by atoms with Crippen LogP contribution in [0.15, 0.2) is 12.2 Å². The Morgan fingerprint density at radius 3 is 2.32 bits per heavy atom. The lowest BCUT2D eigenvalue weighted by Crippen LogP contribution is -2.19. The van der Waals surface area contributed by atoms with Crippen molar-refractivity contribution in [1.82, 2.24) is 0 Å². The van der Waals surface area contributed by atoms with Crippen LogP contribution in [0.2, 0.25) is 0 Å². The van der Waals surface area contributed by atoms with E-state index in [-0.39, 0.29) is 17.9 Å². The Morgan fingerprint density at radius 1 is 1.32 bits per heavy atom. The van der Waals surface area contributed by atoms with Crippen molar-refractivity contribution >= 4 is 11.9 Å². The summed E-state index contributed by atoms with van der Waals surface area (Å²) in [6, 6.07) is 0. The van der Waals surface area contributed by atoms with Crippen LogP contribution in [0.5, 0.6) is 0 Å². The van der Waals surface area contributed by atoms with Crippen molar-refractivity contribution < 1.29 is 19.1 Å². The van der Waals surface area contributed by atoms with Gasteiger partial charge < -0.3 is 9.47 Å². The van der Waals surface area contributed by atoms with Crippen LogP contribution in [0.25, 0.3) is 0 Å². The molecule has 1 aliphatic heterocycles. The third-order valence-electron chi connectivity index (χ3n) is 3.19. The molecule has 2 aliphatic rings. The number of hydrogen-bond donors (Lipinski definition) is 0. The van der Waals surface area contributed by atoms with Crippen molar-refractivity contribution in [3.63, 3.8) is 0 Å². The Bertz CT molecular complexity index is 309. The molecule has 4 heteroatoms. The van der Waals surface area contributed by atoms with Crippen molar-refractivity contribution in [1.29, 1.82) is 0 Å². The first-order chi connectivity index (χ1) is 9.06. The highest BCUT2D eigenvalue weighted by Crippen LogP contribution is 2.35. The molecule has 1 saturated carbocycles. The van der Waals surface area contributed by atoms with Crippen LogP contribution in [0.1, 0.15) is 46.5 Å². The van der Waals surface area contributed by atoms with Crippen LogP contribution in [0.3, 0.4) is 0 Å². The van der Waals surface area contributed by atoms with Gasteiger partial charge in [0.2, 0.25) is 0 Å². The zero-order chi connectivity index (χ0) is 14.8. The zero-order valence-corrected chi connectivity index (χ0v) is 12.5. The Labute approximate surface area is 116 Å². The predicted molar refractivity (Wildman–Crippen MR) is 74.6 cm³/mol. The minimum atomic E-state index is -0.347. The van der Waals surface area contributed by atoms with E-state index in [4.69, 9.17) is 4.74 Å². The van der Waals surface area contributed by atoms with E-state index in [0.717, 1.165) is 6.42 Å². The SMILES string of the molecule is C=C(C)C(=O)OC.CC.O=C1OCC2CCCCC12. The van der Waals surface area contributed by atoms with E-state index in [1.165, 1.54) is 26.4 Å². The molecule has 0 N–H and O–H groups in total. The predicted octanol–water partition coefficient (Wildman–Crippen LogP) is 3.11. The second-order valence-corrected chi connectivity index (χ2v) is 4.55. The third kappa shape index (κ3) is 5.90. The maximum absolute atomic E-state index is 11.0. The summed E-state index contributed by atoms with van der Waals surface area (Å²) in [6.45, 7) is 9.65. The van der Waals surface area contributed by atoms with Gasteiger partial charge in [0.15, 0.2) is 0 Å². The largest absolute Gasteiger partial charge is 0.466 e. The zero-order valence-electron chi connectivity index (χ0n) is 12.5. The normalized spacial score (nSPS) is 23.7. The molecule has 19 heavy (non-hydrogen) atoms. The molecule has 2 unspecified atom stereocenters. The van der Waals surface area contributed by atoms with E-state index < -0.39 is 0 Å². The van der Waals surface area contributed by atoms with E-state index in [9.17, 15) is 9.59 Å². The van der Waals surface area contributed by atoms with E-state index in [1.807, 2.05) is 13.8 Å². The van der Waals surface area contributed by atoms with E-state index in [2.05, 4.69) is 11.3 Å². The summed E-state index contributed by atoms with van der Waals surface area (Å²) in [5.74, 6) is 0.555. The molecular weight excluding hydrogens is 244 g/mol. The quantitative estimate of drug-likeness (QED) is 0.542. The summed E-state index contributed by atoms with van der Waals surface area (Å²) in [6.07, 6.45) is 4.79. The Balaban J connectivity index is 0.000000321. The average Bonchev–Trinajstić information content (AvgIpc) is 2.83. The van der Waals surface area contributed by atoms with Gasteiger partial charge in [-0.2, -0.15) is 0 Å². The maximum atomic E-state index is 11.0. The van der Waals surface area contributed by atoms with Gasteiger partial charge in [-0.15, -0.1) is 0 Å². The van der Waals surface area contributed by atoms with Gasteiger partial charge in [0, 0.05) is 11.5 Å².